The number of ether oxygens (including phenoxy) is 2. The van der Waals surface area contributed by atoms with Crippen molar-refractivity contribution in [3.63, 3.8) is 0 Å². The second kappa shape index (κ2) is 6.88. The van der Waals surface area contributed by atoms with Gasteiger partial charge < -0.3 is 24.0 Å². The Hall–Kier alpha value is -1.60. The van der Waals surface area contributed by atoms with E-state index in [1.807, 2.05) is 13.8 Å². The molecule has 1 aromatic rings. The van der Waals surface area contributed by atoms with Gasteiger partial charge in [-0.15, -0.1) is 0 Å². The molecule has 0 aliphatic carbocycles. The minimum Gasteiger partial charge on any atom is -0.481 e. The van der Waals surface area contributed by atoms with Crippen LogP contribution in [0.1, 0.15) is 38.4 Å². The Balaban J connectivity index is 1.61. The number of carboxylic acids is 1. The SMILES string of the molecule is CC(C)C(C(=O)O)c1cc(N2CCC(C3OCCO3)CC2)no1. The molecule has 1 unspecified atom stereocenters. The number of anilines is 1. The Bertz CT molecular complexity index is 530. The van der Waals surface area contributed by atoms with E-state index < -0.39 is 11.9 Å². The molecule has 1 aromatic heterocycles. The Labute approximate surface area is 135 Å². The number of hydrogen-bond donors (Lipinski definition) is 1. The summed E-state index contributed by atoms with van der Waals surface area (Å²) in [5.41, 5.74) is 0. The third kappa shape index (κ3) is 3.50. The predicted octanol–water partition coefficient (Wildman–Crippen LogP) is 2.09. The fourth-order valence-corrected chi connectivity index (χ4v) is 3.36. The van der Waals surface area contributed by atoms with Crippen LogP contribution in [0.2, 0.25) is 0 Å². The lowest BCUT2D eigenvalue weighted by molar-refractivity contribution is -0.140. The Morgan fingerprint density at radius 1 is 1.30 bits per heavy atom. The Kier molecular flexibility index (Phi) is 4.87. The quantitative estimate of drug-likeness (QED) is 0.887. The summed E-state index contributed by atoms with van der Waals surface area (Å²) in [6.07, 6.45) is 1.88. The van der Waals surface area contributed by atoms with Gasteiger partial charge in [0, 0.05) is 25.1 Å². The zero-order valence-electron chi connectivity index (χ0n) is 13.6. The van der Waals surface area contributed by atoms with E-state index in [1.165, 1.54) is 0 Å². The molecule has 0 bridgehead atoms. The molecule has 2 aliphatic heterocycles. The first-order chi connectivity index (χ1) is 11.1. The fraction of sp³-hybridized carbons (Fsp3) is 0.750. The maximum absolute atomic E-state index is 11.4. The molecule has 128 valence electrons. The number of carboxylic acid groups (broad SMARTS) is 1. The summed E-state index contributed by atoms with van der Waals surface area (Å²) in [6.45, 7) is 6.80. The molecule has 0 aromatic carbocycles. The molecule has 7 nitrogen and oxygen atoms in total. The number of aromatic nitrogens is 1. The van der Waals surface area contributed by atoms with E-state index in [9.17, 15) is 9.90 Å². The molecule has 0 amide bonds. The highest BCUT2D eigenvalue weighted by Gasteiger charge is 2.32. The van der Waals surface area contributed by atoms with Gasteiger partial charge in [-0.2, -0.15) is 0 Å². The highest BCUT2D eigenvalue weighted by atomic mass is 16.7. The smallest absolute Gasteiger partial charge is 0.314 e. The summed E-state index contributed by atoms with van der Waals surface area (Å²) in [7, 11) is 0. The number of aliphatic carboxylic acids is 1. The molecule has 3 rings (SSSR count). The molecule has 2 saturated heterocycles. The van der Waals surface area contributed by atoms with Crippen LogP contribution in [-0.4, -0.2) is 48.8 Å². The summed E-state index contributed by atoms with van der Waals surface area (Å²) in [5, 5.41) is 13.4. The first-order valence-corrected chi connectivity index (χ1v) is 8.24. The van der Waals surface area contributed by atoms with Gasteiger partial charge in [0.25, 0.3) is 0 Å². The molecule has 1 atom stereocenters. The van der Waals surface area contributed by atoms with Crippen LogP contribution < -0.4 is 4.90 Å². The third-order valence-electron chi connectivity index (χ3n) is 4.65. The van der Waals surface area contributed by atoms with Crippen molar-refractivity contribution in [1.82, 2.24) is 5.16 Å². The summed E-state index contributed by atoms with van der Waals surface area (Å²) in [6, 6.07) is 1.77. The predicted molar refractivity (Wildman–Crippen MR) is 82.3 cm³/mol. The van der Waals surface area contributed by atoms with Gasteiger partial charge in [0.05, 0.1) is 13.2 Å². The van der Waals surface area contributed by atoms with Crippen molar-refractivity contribution in [2.45, 2.75) is 38.9 Å². The molecule has 3 heterocycles. The van der Waals surface area contributed by atoms with Gasteiger partial charge in [0.2, 0.25) is 0 Å². The van der Waals surface area contributed by atoms with Crippen LogP contribution in [0.15, 0.2) is 10.6 Å². The lowest BCUT2D eigenvalue weighted by atomic mass is 9.93. The fourth-order valence-electron chi connectivity index (χ4n) is 3.36. The molecule has 0 saturated carbocycles. The molecule has 2 aliphatic rings. The summed E-state index contributed by atoms with van der Waals surface area (Å²) < 4.78 is 16.5. The zero-order chi connectivity index (χ0) is 16.4. The van der Waals surface area contributed by atoms with Crippen molar-refractivity contribution < 1.29 is 23.9 Å². The van der Waals surface area contributed by atoms with E-state index in [1.54, 1.807) is 6.07 Å². The second-order valence-electron chi connectivity index (χ2n) is 6.58. The molecule has 23 heavy (non-hydrogen) atoms. The van der Waals surface area contributed by atoms with Crippen LogP contribution in [0, 0.1) is 11.8 Å². The van der Waals surface area contributed by atoms with E-state index in [0.717, 1.165) is 31.7 Å². The molecule has 7 heteroatoms. The van der Waals surface area contributed by atoms with Gasteiger partial charge in [-0.3, -0.25) is 4.79 Å². The van der Waals surface area contributed by atoms with E-state index in [2.05, 4.69) is 10.1 Å². The van der Waals surface area contributed by atoms with Crippen molar-refractivity contribution in [1.29, 1.82) is 0 Å². The normalized spacial score (nSPS) is 22.0. The first kappa shape index (κ1) is 16.3. The van der Waals surface area contributed by atoms with Gasteiger partial charge in [0.1, 0.15) is 5.92 Å². The van der Waals surface area contributed by atoms with Gasteiger partial charge in [-0.05, 0) is 18.8 Å². The van der Waals surface area contributed by atoms with Gasteiger partial charge in [-0.1, -0.05) is 19.0 Å². The lowest BCUT2D eigenvalue weighted by Crippen LogP contribution is -2.38. The van der Waals surface area contributed by atoms with Crippen molar-refractivity contribution in [3.8, 4) is 0 Å². The maximum atomic E-state index is 11.4. The molecule has 1 N–H and O–H groups in total. The van der Waals surface area contributed by atoms with Crippen LogP contribution in [0.5, 0.6) is 0 Å². The first-order valence-electron chi connectivity index (χ1n) is 8.24. The van der Waals surface area contributed by atoms with Crippen molar-refractivity contribution in [2.75, 3.05) is 31.2 Å². The average molecular weight is 324 g/mol. The molecular weight excluding hydrogens is 300 g/mol. The average Bonchev–Trinajstić information content (AvgIpc) is 3.18. The van der Waals surface area contributed by atoms with Crippen LogP contribution in [0.25, 0.3) is 0 Å². The summed E-state index contributed by atoms with van der Waals surface area (Å²) >= 11 is 0. The standard InChI is InChI=1S/C16H24N2O5/c1-10(2)14(15(19)20)12-9-13(17-23-12)18-5-3-11(4-6-18)16-21-7-8-22-16/h9-11,14,16H,3-8H2,1-2H3,(H,19,20). The van der Waals surface area contributed by atoms with Crippen molar-refractivity contribution >= 4 is 11.8 Å². The number of rotatable bonds is 5. The van der Waals surface area contributed by atoms with E-state index in [-0.39, 0.29) is 12.2 Å². The molecule has 2 fully saturated rings. The monoisotopic (exact) mass is 324 g/mol. The number of piperidine rings is 1. The zero-order valence-corrected chi connectivity index (χ0v) is 13.6. The topological polar surface area (TPSA) is 85.0 Å². The minimum atomic E-state index is -0.878. The maximum Gasteiger partial charge on any atom is 0.314 e. The highest BCUT2D eigenvalue weighted by Crippen LogP contribution is 2.31. The van der Waals surface area contributed by atoms with Gasteiger partial charge in [0.15, 0.2) is 17.9 Å². The molecule has 0 spiro atoms. The highest BCUT2D eigenvalue weighted by molar-refractivity contribution is 5.75. The van der Waals surface area contributed by atoms with Crippen molar-refractivity contribution in [3.05, 3.63) is 11.8 Å². The largest absolute Gasteiger partial charge is 0.481 e. The number of carbonyl (C=O) groups is 1. The summed E-state index contributed by atoms with van der Waals surface area (Å²) in [5.74, 6) is -0.0186. The second-order valence-corrected chi connectivity index (χ2v) is 6.58. The van der Waals surface area contributed by atoms with Crippen LogP contribution >= 0.6 is 0 Å². The molecular formula is C16H24N2O5. The van der Waals surface area contributed by atoms with Gasteiger partial charge >= 0.3 is 5.97 Å². The lowest BCUT2D eigenvalue weighted by Gasteiger charge is -2.33. The Morgan fingerprint density at radius 3 is 2.52 bits per heavy atom. The van der Waals surface area contributed by atoms with E-state index in [0.29, 0.717) is 24.9 Å². The van der Waals surface area contributed by atoms with Gasteiger partial charge in [-0.25, -0.2) is 0 Å². The Morgan fingerprint density at radius 2 is 1.96 bits per heavy atom. The third-order valence-corrected chi connectivity index (χ3v) is 4.65. The van der Waals surface area contributed by atoms with Crippen LogP contribution in [0.4, 0.5) is 5.82 Å². The number of nitrogens with zero attached hydrogens (tertiary/aromatic N) is 2. The minimum absolute atomic E-state index is 0.0456. The molecule has 0 radical (unpaired) electrons. The van der Waals surface area contributed by atoms with Crippen LogP contribution in [-0.2, 0) is 14.3 Å². The number of hydrogen-bond acceptors (Lipinski definition) is 6. The summed E-state index contributed by atoms with van der Waals surface area (Å²) in [4.78, 5) is 13.5. The van der Waals surface area contributed by atoms with Crippen molar-refractivity contribution in [2.24, 2.45) is 11.8 Å². The van der Waals surface area contributed by atoms with Crippen LogP contribution in [0.3, 0.4) is 0 Å². The van der Waals surface area contributed by atoms with E-state index in [4.69, 9.17) is 14.0 Å². The van der Waals surface area contributed by atoms with E-state index >= 15 is 0 Å².